The van der Waals surface area contributed by atoms with Gasteiger partial charge >= 0.3 is 0 Å². The van der Waals surface area contributed by atoms with E-state index < -0.39 is 0 Å². The Morgan fingerprint density at radius 3 is 2.77 bits per heavy atom. The zero-order valence-corrected chi connectivity index (χ0v) is 15.3. The molecule has 0 aliphatic heterocycles. The third kappa shape index (κ3) is 3.86. The van der Waals surface area contributed by atoms with Crippen LogP contribution in [0.4, 0.5) is 0 Å². The van der Waals surface area contributed by atoms with Gasteiger partial charge in [-0.05, 0) is 55.5 Å². The SMILES string of the molecule is CCOc1ccccc1C(=O)/C=C/c1cc2cc(OC)ccc2nc1Cl. The molecule has 0 saturated carbocycles. The van der Waals surface area contributed by atoms with Gasteiger partial charge < -0.3 is 9.47 Å². The summed E-state index contributed by atoms with van der Waals surface area (Å²) in [6, 6.07) is 14.6. The summed E-state index contributed by atoms with van der Waals surface area (Å²) in [7, 11) is 1.61. The van der Waals surface area contributed by atoms with Crippen molar-refractivity contribution in [2.24, 2.45) is 0 Å². The number of hydrogen-bond acceptors (Lipinski definition) is 4. The Morgan fingerprint density at radius 2 is 2.00 bits per heavy atom. The van der Waals surface area contributed by atoms with Crippen molar-refractivity contribution in [2.45, 2.75) is 6.92 Å². The van der Waals surface area contributed by atoms with E-state index in [1.165, 1.54) is 6.08 Å². The minimum absolute atomic E-state index is 0.157. The van der Waals surface area contributed by atoms with Crippen LogP contribution in [0.25, 0.3) is 17.0 Å². The first kappa shape index (κ1) is 18.0. The highest BCUT2D eigenvalue weighted by atomic mass is 35.5. The number of carbonyl (C=O) groups is 1. The van der Waals surface area contributed by atoms with Crippen LogP contribution in [0.5, 0.6) is 11.5 Å². The van der Waals surface area contributed by atoms with Gasteiger partial charge in [0.2, 0.25) is 0 Å². The molecule has 4 nitrogen and oxygen atoms in total. The van der Waals surface area contributed by atoms with Crippen molar-refractivity contribution in [3.8, 4) is 11.5 Å². The molecule has 5 heteroatoms. The molecule has 0 aliphatic carbocycles. The molecule has 132 valence electrons. The molecule has 3 aromatic rings. The van der Waals surface area contributed by atoms with Crippen LogP contribution in [-0.4, -0.2) is 24.5 Å². The average Bonchev–Trinajstić information content (AvgIpc) is 2.66. The van der Waals surface area contributed by atoms with E-state index in [1.54, 1.807) is 31.4 Å². The lowest BCUT2D eigenvalue weighted by molar-refractivity contribution is 0.104. The predicted molar refractivity (Wildman–Crippen MR) is 104 cm³/mol. The Morgan fingerprint density at radius 1 is 1.19 bits per heavy atom. The maximum Gasteiger partial charge on any atom is 0.189 e. The van der Waals surface area contributed by atoms with Crippen LogP contribution < -0.4 is 9.47 Å². The summed E-state index contributed by atoms with van der Waals surface area (Å²) in [4.78, 5) is 16.9. The summed E-state index contributed by atoms with van der Waals surface area (Å²) in [5, 5.41) is 1.22. The Bertz CT molecular complexity index is 982. The van der Waals surface area contributed by atoms with Crippen molar-refractivity contribution in [2.75, 3.05) is 13.7 Å². The number of rotatable bonds is 6. The molecule has 0 amide bonds. The molecule has 26 heavy (non-hydrogen) atoms. The smallest absolute Gasteiger partial charge is 0.189 e. The van der Waals surface area contributed by atoms with Gasteiger partial charge in [0.05, 0.1) is 24.8 Å². The summed E-state index contributed by atoms with van der Waals surface area (Å²) < 4.78 is 10.7. The highest BCUT2D eigenvalue weighted by Gasteiger charge is 2.10. The molecule has 1 heterocycles. The number of hydrogen-bond donors (Lipinski definition) is 0. The summed E-state index contributed by atoms with van der Waals surface area (Å²) in [5.41, 5.74) is 1.94. The first-order valence-corrected chi connectivity index (χ1v) is 8.58. The normalized spacial score (nSPS) is 11.0. The number of aromatic nitrogens is 1. The lowest BCUT2D eigenvalue weighted by atomic mass is 10.1. The minimum Gasteiger partial charge on any atom is -0.497 e. The van der Waals surface area contributed by atoms with Gasteiger partial charge in [0, 0.05) is 10.9 Å². The fraction of sp³-hybridized carbons (Fsp3) is 0.143. The van der Waals surface area contributed by atoms with Crippen LogP contribution in [0.2, 0.25) is 5.15 Å². The van der Waals surface area contributed by atoms with Crippen molar-refractivity contribution in [3.63, 3.8) is 0 Å². The number of fused-ring (bicyclic) bond motifs is 1. The van der Waals surface area contributed by atoms with Gasteiger partial charge in [-0.2, -0.15) is 0 Å². The fourth-order valence-electron chi connectivity index (χ4n) is 2.60. The third-order valence-electron chi connectivity index (χ3n) is 3.87. The van der Waals surface area contributed by atoms with Crippen LogP contribution in [0.1, 0.15) is 22.8 Å². The number of benzene rings is 2. The monoisotopic (exact) mass is 367 g/mol. The second-order valence-electron chi connectivity index (χ2n) is 5.55. The number of para-hydroxylation sites is 1. The number of ether oxygens (including phenoxy) is 2. The third-order valence-corrected chi connectivity index (χ3v) is 4.17. The number of nitrogens with zero attached hydrogens (tertiary/aromatic N) is 1. The molecule has 0 fully saturated rings. The molecule has 3 rings (SSSR count). The first-order valence-electron chi connectivity index (χ1n) is 8.21. The molecule has 0 unspecified atom stereocenters. The van der Waals surface area contributed by atoms with Crippen LogP contribution in [0, 0.1) is 0 Å². The lowest BCUT2D eigenvalue weighted by Gasteiger charge is -2.07. The van der Waals surface area contributed by atoms with Gasteiger partial charge in [0.15, 0.2) is 5.78 Å². The highest BCUT2D eigenvalue weighted by molar-refractivity contribution is 6.31. The fourth-order valence-corrected chi connectivity index (χ4v) is 2.81. The molecule has 0 radical (unpaired) electrons. The van der Waals surface area contributed by atoms with Crippen molar-refractivity contribution in [1.82, 2.24) is 4.98 Å². The van der Waals surface area contributed by atoms with Crippen LogP contribution >= 0.6 is 11.6 Å². The molecule has 0 N–H and O–H groups in total. The average molecular weight is 368 g/mol. The second kappa shape index (κ2) is 8.02. The van der Waals surface area contributed by atoms with E-state index in [-0.39, 0.29) is 5.78 Å². The molecule has 0 saturated heterocycles. The topological polar surface area (TPSA) is 48.4 Å². The van der Waals surface area contributed by atoms with E-state index in [0.29, 0.717) is 28.6 Å². The molecule has 0 spiro atoms. The van der Waals surface area contributed by atoms with Gasteiger partial charge in [-0.1, -0.05) is 23.7 Å². The summed E-state index contributed by atoms with van der Waals surface area (Å²) >= 11 is 6.26. The van der Waals surface area contributed by atoms with Gasteiger partial charge in [-0.15, -0.1) is 0 Å². The molecular formula is C21H18ClNO3. The summed E-state index contributed by atoms with van der Waals surface area (Å²) in [5.74, 6) is 1.14. The number of carbonyl (C=O) groups excluding carboxylic acids is 1. The van der Waals surface area contributed by atoms with Crippen molar-refractivity contribution in [1.29, 1.82) is 0 Å². The first-order chi connectivity index (χ1) is 12.6. The number of halogens is 1. The van der Waals surface area contributed by atoms with Gasteiger partial charge in [-0.25, -0.2) is 4.98 Å². The number of allylic oxidation sites excluding steroid dienone is 1. The number of pyridine rings is 1. The Kier molecular flexibility index (Phi) is 5.54. The Labute approximate surface area is 157 Å². The molecule has 0 bridgehead atoms. The van der Waals surface area contributed by atoms with Crippen molar-refractivity contribution < 1.29 is 14.3 Å². The summed E-state index contributed by atoms with van der Waals surface area (Å²) in [6.45, 7) is 2.38. The largest absolute Gasteiger partial charge is 0.497 e. The minimum atomic E-state index is -0.157. The van der Waals surface area contributed by atoms with E-state index in [4.69, 9.17) is 21.1 Å². The van der Waals surface area contributed by atoms with E-state index in [2.05, 4.69) is 4.98 Å². The predicted octanol–water partition coefficient (Wildman–Crippen LogP) is 5.19. The highest BCUT2D eigenvalue weighted by Crippen LogP contribution is 2.26. The second-order valence-corrected chi connectivity index (χ2v) is 5.91. The number of ketones is 1. The zero-order valence-electron chi connectivity index (χ0n) is 14.5. The lowest BCUT2D eigenvalue weighted by Crippen LogP contribution is -2.01. The molecule has 0 atom stereocenters. The van der Waals surface area contributed by atoms with E-state index >= 15 is 0 Å². The zero-order chi connectivity index (χ0) is 18.5. The van der Waals surface area contributed by atoms with E-state index in [9.17, 15) is 4.79 Å². The molecule has 0 aliphatic rings. The Balaban J connectivity index is 1.92. The Hall–Kier alpha value is -2.85. The van der Waals surface area contributed by atoms with Crippen LogP contribution in [0.3, 0.4) is 0 Å². The van der Waals surface area contributed by atoms with Crippen LogP contribution in [0.15, 0.2) is 54.6 Å². The van der Waals surface area contributed by atoms with Crippen LogP contribution in [-0.2, 0) is 0 Å². The summed E-state index contributed by atoms with van der Waals surface area (Å²) in [6.07, 6.45) is 3.14. The molecule has 2 aromatic carbocycles. The quantitative estimate of drug-likeness (QED) is 0.341. The number of methoxy groups -OCH3 is 1. The maximum absolute atomic E-state index is 12.5. The van der Waals surface area contributed by atoms with Crippen molar-refractivity contribution in [3.05, 3.63) is 70.9 Å². The van der Waals surface area contributed by atoms with Gasteiger partial charge in [0.25, 0.3) is 0 Å². The van der Waals surface area contributed by atoms with E-state index in [1.807, 2.05) is 37.3 Å². The van der Waals surface area contributed by atoms with Crippen molar-refractivity contribution >= 4 is 34.4 Å². The standard InChI is InChI=1S/C21H18ClNO3/c1-3-26-20-7-5-4-6-17(20)19(24)11-8-14-12-15-13-16(25-2)9-10-18(15)23-21(14)22/h4-13H,3H2,1-2H3/b11-8+. The van der Waals surface area contributed by atoms with Gasteiger partial charge in [-0.3, -0.25) is 4.79 Å². The van der Waals surface area contributed by atoms with Gasteiger partial charge in [0.1, 0.15) is 16.7 Å². The molecular weight excluding hydrogens is 350 g/mol. The van der Waals surface area contributed by atoms with E-state index in [0.717, 1.165) is 16.7 Å². The molecule has 1 aromatic heterocycles. The maximum atomic E-state index is 12.5.